The number of aliphatic hydroxyl groups excluding tert-OH is 1. The topological polar surface area (TPSA) is 35.5 Å². The van der Waals surface area contributed by atoms with Gasteiger partial charge in [-0.1, -0.05) is 18.2 Å². The average Bonchev–Trinajstić information content (AvgIpc) is 2.43. The van der Waals surface area contributed by atoms with Crippen LogP contribution in [0.3, 0.4) is 0 Å². The molecule has 0 aliphatic carbocycles. The molecule has 0 saturated carbocycles. The molecule has 1 heterocycles. The third kappa shape index (κ3) is 3.00. The average molecular weight is 284 g/mol. The van der Waals surface area contributed by atoms with Crippen LogP contribution in [0.25, 0.3) is 0 Å². The van der Waals surface area contributed by atoms with Gasteiger partial charge in [0.15, 0.2) is 0 Å². The van der Waals surface area contributed by atoms with Gasteiger partial charge in [-0.2, -0.15) is 0 Å². The third-order valence-corrected chi connectivity index (χ3v) is 3.94. The highest BCUT2D eigenvalue weighted by atomic mass is 19.3. The minimum Gasteiger partial charge on any atom is -0.390 e. The second-order valence-corrected chi connectivity index (χ2v) is 5.41. The summed E-state index contributed by atoms with van der Waals surface area (Å²) in [7, 11) is 0. The smallest absolute Gasteiger partial charge is 0.289 e. The monoisotopic (exact) mass is 284 g/mol. The fourth-order valence-electron chi connectivity index (χ4n) is 2.95. The van der Waals surface area contributed by atoms with Crippen LogP contribution in [0.4, 0.5) is 8.78 Å². The molecule has 1 aromatic rings. The first-order valence-electron chi connectivity index (χ1n) is 6.97. The minimum absolute atomic E-state index is 0.564. The van der Waals surface area contributed by atoms with Crippen LogP contribution in [0.2, 0.25) is 0 Å². The van der Waals surface area contributed by atoms with Crippen molar-refractivity contribution in [2.75, 3.05) is 32.8 Å². The molecule has 1 fully saturated rings. The summed E-state index contributed by atoms with van der Waals surface area (Å²) in [5, 5.41) is 12.3. The Bertz CT molecular complexity index is 439. The van der Waals surface area contributed by atoms with E-state index in [1.807, 2.05) is 32.0 Å². The second-order valence-electron chi connectivity index (χ2n) is 5.41. The maximum Gasteiger partial charge on any atom is 0.289 e. The Hall–Kier alpha value is -1.04. The minimum atomic E-state index is -3.14. The lowest BCUT2D eigenvalue weighted by Crippen LogP contribution is -2.51. The highest BCUT2D eigenvalue weighted by Gasteiger charge is 2.45. The predicted octanol–water partition coefficient (Wildman–Crippen LogP) is 1.88. The molecule has 0 spiro atoms. The van der Waals surface area contributed by atoms with Crippen LogP contribution in [0.1, 0.15) is 22.7 Å². The lowest BCUT2D eigenvalue weighted by molar-refractivity contribution is -0.119. The normalized spacial score (nSPS) is 19.1. The van der Waals surface area contributed by atoms with Gasteiger partial charge in [0.05, 0.1) is 0 Å². The summed E-state index contributed by atoms with van der Waals surface area (Å²) in [5.74, 6) is -3.14. The van der Waals surface area contributed by atoms with Crippen LogP contribution in [0, 0.1) is 13.8 Å². The predicted molar refractivity (Wildman–Crippen MR) is 75.1 cm³/mol. The maximum absolute atomic E-state index is 14.3. The van der Waals surface area contributed by atoms with Crippen LogP contribution >= 0.6 is 0 Å². The lowest BCUT2D eigenvalue weighted by Gasteiger charge is -2.40. The van der Waals surface area contributed by atoms with Gasteiger partial charge in [-0.3, -0.25) is 4.90 Å². The number of halogens is 2. The zero-order valence-electron chi connectivity index (χ0n) is 12.0. The van der Waals surface area contributed by atoms with Crippen molar-refractivity contribution in [2.24, 2.45) is 0 Å². The van der Waals surface area contributed by atoms with E-state index in [2.05, 4.69) is 5.32 Å². The number of benzene rings is 1. The SMILES string of the molecule is Cc1cccc(C)c1[C@H](N1CCNCC1)C(F)(F)CO. The van der Waals surface area contributed by atoms with Crippen molar-refractivity contribution in [2.45, 2.75) is 25.8 Å². The first-order chi connectivity index (χ1) is 9.47. The van der Waals surface area contributed by atoms with E-state index in [0.29, 0.717) is 31.7 Å². The Labute approximate surface area is 118 Å². The molecular weight excluding hydrogens is 262 g/mol. The quantitative estimate of drug-likeness (QED) is 0.886. The van der Waals surface area contributed by atoms with Crippen LogP contribution in [-0.4, -0.2) is 48.7 Å². The molecule has 0 bridgehead atoms. The zero-order chi connectivity index (χ0) is 14.8. The number of nitrogens with zero attached hydrogens (tertiary/aromatic N) is 1. The maximum atomic E-state index is 14.3. The van der Waals surface area contributed by atoms with Gasteiger partial charge in [-0.25, -0.2) is 8.78 Å². The van der Waals surface area contributed by atoms with Gasteiger partial charge >= 0.3 is 0 Å². The number of aryl methyl sites for hydroxylation is 2. The number of hydrogen-bond donors (Lipinski definition) is 2. The summed E-state index contributed by atoms with van der Waals surface area (Å²) in [6.45, 7) is 5.10. The molecule has 0 aromatic heterocycles. The standard InChI is InChI=1S/C15H22F2N2O/c1-11-4-3-5-12(2)13(11)14(15(16,17)10-20)19-8-6-18-7-9-19/h3-5,14,18,20H,6-10H2,1-2H3/t14-/m0/s1. The molecule has 0 amide bonds. The summed E-state index contributed by atoms with van der Waals surface area (Å²) < 4.78 is 28.7. The van der Waals surface area contributed by atoms with E-state index in [9.17, 15) is 8.78 Å². The molecule has 0 radical (unpaired) electrons. The van der Waals surface area contributed by atoms with Gasteiger partial charge in [0, 0.05) is 26.2 Å². The number of hydrogen-bond acceptors (Lipinski definition) is 3. The summed E-state index contributed by atoms with van der Waals surface area (Å²) in [4.78, 5) is 1.78. The molecule has 2 rings (SSSR count). The fourth-order valence-corrected chi connectivity index (χ4v) is 2.95. The van der Waals surface area contributed by atoms with Crippen molar-refractivity contribution in [1.82, 2.24) is 10.2 Å². The molecule has 20 heavy (non-hydrogen) atoms. The molecule has 1 saturated heterocycles. The molecule has 1 aliphatic heterocycles. The van der Waals surface area contributed by atoms with Crippen LogP contribution in [0.15, 0.2) is 18.2 Å². The second kappa shape index (κ2) is 6.16. The summed E-state index contributed by atoms with van der Waals surface area (Å²) in [6, 6.07) is 4.52. The Morgan fingerprint density at radius 3 is 2.30 bits per heavy atom. The van der Waals surface area contributed by atoms with Gasteiger partial charge in [0.1, 0.15) is 12.6 Å². The number of piperazine rings is 1. The first kappa shape index (κ1) is 15.4. The van der Waals surface area contributed by atoms with Crippen molar-refractivity contribution in [3.05, 3.63) is 34.9 Å². The molecule has 1 atom stereocenters. The van der Waals surface area contributed by atoms with Crippen molar-refractivity contribution in [3.8, 4) is 0 Å². The van der Waals surface area contributed by atoms with E-state index in [1.165, 1.54) is 0 Å². The van der Waals surface area contributed by atoms with E-state index in [0.717, 1.165) is 11.1 Å². The molecule has 112 valence electrons. The van der Waals surface area contributed by atoms with Crippen LogP contribution in [-0.2, 0) is 0 Å². The zero-order valence-corrected chi connectivity index (χ0v) is 12.0. The Morgan fingerprint density at radius 2 is 1.80 bits per heavy atom. The number of aliphatic hydroxyl groups is 1. The first-order valence-corrected chi connectivity index (χ1v) is 6.97. The van der Waals surface area contributed by atoms with Gasteiger partial charge in [-0.15, -0.1) is 0 Å². The highest BCUT2D eigenvalue weighted by Crippen LogP contribution is 2.39. The van der Waals surface area contributed by atoms with E-state index < -0.39 is 18.6 Å². The van der Waals surface area contributed by atoms with E-state index in [4.69, 9.17) is 5.11 Å². The summed E-state index contributed by atoms with van der Waals surface area (Å²) in [6.07, 6.45) is 0. The molecule has 0 unspecified atom stereocenters. The van der Waals surface area contributed by atoms with Crippen LogP contribution < -0.4 is 5.32 Å². The van der Waals surface area contributed by atoms with Crippen molar-refractivity contribution in [3.63, 3.8) is 0 Å². The van der Waals surface area contributed by atoms with Gasteiger partial charge in [0.25, 0.3) is 5.92 Å². The molecule has 1 aliphatic rings. The fraction of sp³-hybridized carbons (Fsp3) is 0.600. The highest BCUT2D eigenvalue weighted by molar-refractivity contribution is 5.37. The third-order valence-electron chi connectivity index (χ3n) is 3.94. The summed E-state index contributed by atoms with van der Waals surface area (Å²) in [5.41, 5.74) is 2.34. The number of alkyl halides is 2. The molecule has 1 aromatic carbocycles. The van der Waals surface area contributed by atoms with E-state index in [1.54, 1.807) is 4.90 Å². The summed E-state index contributed by atoms with van der Waals surface area (Å²) >= 11 is 0. The molecule has 3 nitrogen and oxygen atoms in total. The molecular formula is C15H22F2N2O. The number of nitrogens with one attached hydrogen (secondary N) is 1. The van der Waals surface area contributed by atoms with Crippen molar-refractivity contribution in [1.29, 1.82) is 0 Å². The van der Waals surface area contributed by atoms with Crippen molar-refractivity contribution < 1.29 is 13.9 Å². The van der Waals surface area contributed by atoms with Gasteiger partial charge in [0.2, 0.25) is 0 Å². The Kier molecular flexibility index (Phi) is 4.73. The van der Waals surface area contributed by atoms with Gasteiger partial charge < -0.3 is 10.4 Å². The van der Waals surface area contributed by atoms with Crippen LogP contribution in [0.5, 0.6) is 0 Å². The van der Waals surface area contributed by atoms with Crippen molar-refractivity contribution >= 4 is 0 Å². The Morgan fingerprint density at radius 1 is 1.25 bits per heavy atom. The molecule has 2 N–H and O–H groups in total. The Balaban J connectivity index is 2.45. The van der Waals surface area contributed by atoms with E-state index >= 15 is 0 Å². The van der Waals surface area contributed by atoms with Gasteiger partial charge in [-0.05, 0) is 30.5 Å². The van der Waals surface area contributed by atoms with E-state index in [-0.39, 0.29) is 0 Å². The lowest BCUT2D eigenvalue weighted by atomic mass is 9.90. The molecule has 5 heteroatoms. The number of rotatable bonds is 4. The largest absolute Gasteiger partial charge is 0.390 e.